The second-order valence-corrected chi connectivity index (χ2v) is 8.78. The van der Waals surface area contributed by atoms with Gasteiger partial charge < -0.3 is 14.6 Å². The Hall–Kier alpha value is -4.45. The second-order valence-electron chi connectivity index (χ2n) is 8.78. The van der Waals surface area contributed by atoms with Crippen molar-refractivity contribution >= 4 is 16.8 Å². The van der Waals surface area contributed by atoms with E-state index in [1.165, 1.54) is 0 Å². The molecule has 0 aliphatic rings. The van der Waals surface area contributed by atoms with Crippen LogP contribution in [0.25, 0.3) is 22.0 Å². The lowest BCUT2D eigenvalue weighted by atomic mass is 9.92. The largest absolute Gasteiger partial charge is 0.497 e. The molecule has 1 unspecified atom stereocenters. The number of benzene rings is 3. The van der Waals surface area contributed by atoms with Gasteiger partial charge in [-0.1, -0.05) is 60.7 Å². The summed E-state index contributed by atoms with van der Waals surface area (Å²) in [6.07, 6.45) is 3.82. The lowest BCUT2D eigenvalue weighted by Crippen LogP contribution is -2.32. The predicted octanol–water partition coefficient (Wildman–Crippen LogP) is 5.40. The van der Waals surface area contributed by atoms with E-state index < -0.39 is 6.04 Å². The number of methoxy groups -OCH3 is 1. The van der Waals surface area contributed by atoms with Crippen LogP contribution in [0.2, 0.25) is 0 Å². The Kier molecular flexibility index (Phi) is 6.50. The fraction of sp³-hybridized carbons (Fsp3) is 0.167. The monoisotopic (exact) mass is 476 g/mol. The van der Waals surface area contributed by atoms with Gasteiger partial charge in [-0.05, 0) is 47.4 Å². The van der Waals surface area contributed by atoms with Crippen LogP contribution in [0, 0.1) is 6.92 Å². The summed E-state index contributed by atoms with van der Waals surface area (Å²) in [5.74, 6) is 1.41. The number of para-hydroxylation sites is 1. The van der Waals surface area contributed by atoms with Crippen molar-refractivity contribution in [3.8, 4) is 16.9 Å². The molecule has 2 heterocycles. The number of carbonyl (C=O) groups excluding carboxylic acids is 1. The molecule has 0 radical (unpaired) electrons. The van der Waals surface area contributed by atoms with E-state index in [4.69, 9.17) is 9.72 Å². The highest BCUT2D eigenvalue weighted by Crippen LogP contribution is 2.33. The number of fused-ring (bicyclic) bond motifs is 1. The van der Waals surface area contributed by atoms with Crippen LogP contribution >= 0.6 is 0 Å². The van der Waals surface area contributed by atoms with Gasteiger partial charge in [-0.15, -0.1) is 0 Å². The first-order valence-electron chi connectivity index (χ1n) is 11.9. The van der Waals surface area contributed by atoms with Crippen molar-refractivity contribution in [2.75, 3.05) is 7.11 Å². The summed E-state index contributed by atoms with van der Waals surface area (Å²) in [7, 11) is 3.56. The third-order valence-corrected chi connectivity index (χ3v) is 6.47. The highest BCUT2D eigenvalue weighted by Gasteiger charge is 2.23. The molecule has 1 atom stereocenters. The molecule has 6 nitrogen and oxygen atoms in total. The SMILES string of the molecule is COc1ccc(C(NC(=O)Cc2c(C)nc3ccccc3c2-c2ccccc2)c2nccn2C)cc1. The first-order valence-corrected chi connectivity index (χ1v) is 11.9. The van der Waals surface area contributed by atoms with E-state index >= 15 is 0 Å². The van der Waals surface area contributed by atoms with Crippen LogP contribution in [0.5, 0.6) is 5.75 Å². The molecule has 5 rings (SSSR count). The molecule has 0 spiro atoms. The molecule has 36 heavy (non-hydrogen) atoms. The minimum atomic E-state index is -0.405. The molecule has 2 aromatic heterocycles. The summed E-state index contributed by atoms with van der Waals surface area (Å²) in [5.41, 5.74) is 5.73. The number of rotatable bonds is 7. The molecule has 0 saturated carbocycles. The molecule has 1 amide bonds. The standard InChI is InChI=1S/C30H28N4O2/c1-20-25(28(21-9-5-4-6-10-21)24-11-7-8-12-26(24)32-20)19-27(35)33-29(30-31-17-18-34(30)2)22-13-15-23(36-3)16-14-22/h4-18,29H,19H2,1-3H3,(H,33,35). The van der Waals surface area contributed by atoms with Crippen molar-refractivity contribution in [2.24, 2.45) is 7.05 Å². The second kappa shape index (κ2) is 10.0. The van der Waals surface area contributed by atoms with E-state index in [1.807, 2.05) is 85.4 Å². The maximum absolute atomic E-state index is 13.6. The van der Waals surface area contributed by atoms with Crippen LogP contribution in [-0.2, 0) is 18.3 Å². The van der Waals surface area contributed by atoms with Gasteiger partial charge in [-0.25, -0.2) is 4.98 Å². The normalized spacial score (nSPS) is 11.9. The topological polar surface area (TPSA) is 69.0 Å². The zero-order valence-electron chi connectivity index (χ0n) is 20.6. The van der Waals surface area contributed by atoms with Gasteiger partial charge in [-0.2, -0.15) is 0 Å². The van der Waals surface area contributed by atoms with E-state index in [2.05, 4.69) is 28.5 Å². The number of nitrogens with one attached hydrogen (secondary N) is 1. The quantitative estimate of drug-likeness (QED) is 0.341. The van der Waals surface area contributed by atoms with Crippen LogP contribution in [0.15, 0.2) is 91.3 Å². The van der Waals surface area contributed by atoms with Gasteiger partial charge in [0, 0.05) is 30.5 Å². The average molecular weight is 477 g/mol. The summed E-state index contributed by atoms with van der Waals surface area (Å²) in [6, 6.07) is 25.6. The number of amides is 1. The molecular formula is C30H28N4O2. The van der Waals surface area contributed by atoms with E-state index in [9.17, 15) is 4.79 Å². The van der Waals surface area contributed by atoms with E-state index in [-0.39, 0.29) is 12.3 Å². The Labute approximate surface area is 210 Å². The minimum Gasteiger partial charge on any atom is -0.497 e. The first-order chi connectivity index (χ1) is 17.5. The van der Waals surface area contributed by atoms with Crippen molar-refractivity contribution in [3.63, 3.8) is 0 Å². The maximum Gasteiger partial charge on any atom is 0.225 e. The molecule has 0 fully saturated rings. The third kappa shape index (κ3) is 4.58. The number of aryl methyl sites for hydroxylation is 2. The lowest BCUT2D eigenvalue weighted by Gasteiger charge is -2.21. The summed E-state index contributed by atoms with van der Waals surface area (Å²) < 4.78 is 7.24. The van der Waals surface area contributed by atoms with Crippen LogP contribution in [0.3, 0.4) is 0 Å². The number of imidazole rings is 1. The summed E-state index contributed by atoms with van der Waals surface area (Å²) in [6.45, 7) is 1.97. The molecule has 5 aromatic rings. The van der Waals surface area contributed by atoms with Crippen LogP contribution in [0.1, 0.15) is 28.7 Å². The Morgan fingerprint density at radius 2 is 1.72 bits per heavy atom. The van der Waals surface area contributed by atoms with Crippen molar-refractivity contribution in [3.05, 3.63) is 114 Å². The number of pyridine rings is 1. The summed E-state index contributed by atoms with van der Waals surface area (Å²) >= 11 is 0. The zero-order chi connectivity index (χ0) is 25.1. The molecule has 1 N–H and O–H groups in total. The Morgan fingerprint density at radius 3 is 2.42 bits per heavy atom. The molecule has 0 aliphatic carbocycles. The fourth-order valence-corrected chi connectivity index (χ4v) is 4.65. The molecule has 3 aromatic carbocycles. The van der Waals surface area contributed by atoms with Gasteiger partial charge in [0.25, 0.3) is 0 Å². The van der Waals surface area contributed by atoms with Crippen molar-refractivity contribution in [1.82, 2.24) is 19.9 Å². The highest BCUT2D eigenvalue weighted by molar-refractivity contribution is 5.98. The molecule has 180 valence electrons. The molecular weight excluding hydrogens is 448 g/mol. The van der Waals surface area contributed by atoms with Gasteiger partial charge in [0.1, 0.15) is 17.6 Å². The van der Waals surface area contributed by atoms with E-state index in [1.54, 1.807) is 13.3 Å². The lowest BCUT2D eigenvalue weighted by molar-refractivity contribution is -0.121. The Bertz CT molecular complexity index is 1510. The number of nitrogens with zero attached hydrogens (tertiary/aromatic N) is 3. The minimum absolute atomic E-state index is 0.101. The van der Waals surface area contributed by atoms with Crippen LogP contribution < -0.4 is 10.1 Å². The number of ether oxygens (including phenoxy) is 1. The van der Waals surface area contributed by atoms with Gasteiger partial charge in [-0.3, -0.25) is 9.78 Å². The fourth-order valence-electron chi connectivity index (χ4n) is 4.65. The van der Waals surface area contributed by atoms with Gasteiger partial charge in [0.2, 0.25) is 5.91 Å². The number of hydrogen-bond acceptors (Lipinski definition) is 4. The van der Waals surface area contributed by atoms with Crippen molar-refractivity contribution < 1.29 is 9.53 Å². The van der Waals surface area contributed by atoms with Crippen LogP contribution in [-0.4, -0.2) is 27.6 Å². The Morgan fingerprint density at radius 1 is 1.00 bits per heavy atom. The number of hydrogen-bond donors (Lipinski definition) is 1. The zero-order valence-corrected chi connectivity index (χ0v) is 20.6. The highest BCUT2D eigenvalue weighted by atomic mass is 16.5. The molecule has 0 aliphatic heterocycles. The summed E-state index contributed by atoms with van der Waals surface area (Å²) in [4.78, 5) is 22.9. The van der Waals surface area contributed by atoms with Crippen molar-refractivity contribution in [1.29, 1.82) is 0 Å². The molecule has 6 heteroatoms. The van der Waals surface area contributed by atoms with Gasteiger partial charge in [0.15, 0.2) is 0 Å². The smallest absolute Gasteiger partial charge is 0.225 e. The van der Waals surface area contributed by atoms with Gasteiger partial charge >= 0.3 is 0 Å². The predicted molar refractivity (Wildman–Crippen MR) is 142 cm³/mol. The first kappa shape index (κ1) is 23.3. The van der Waals surface area contributed by atoms with Crippen LogP contribution in [0.4, 0.5) is 0 Å². The maximum atomic E-state index is 13.6. The third-order valence-electron chi connectivity index (χ3n) is 6.47. The molecule has 0 bridgehead atoms. The molecule has 0 saturated heterocycles. The summed E-state index contributed by atoms with van der Waals surface area (Å²) in [5, 5.41) is 4.26. The number of aromatic nitrogens is 3. The van der Waals surface area contributed by atoms with Crippen molar-refractivity contribution in [2.45, 2.75) is 19.4 Å². The Balaban J connectivity index is 1.53. The number of carbonyl (C=O) groups is 1. The van der Waals surface area contributed by atoms with E-state index in [0.29, 0.717) is 0 Å². The average Bonchev–Trinajstić information content (AvgIpc) is 3.33. The van der Waals surface area contributed by atoms with Gasteiger partial charge in [0.05, 0.1) is 19.0 Å². The van der Waals surface area contributed by atoms with E-state index in [0.717, 1.165) is 50.4 Å².